The van der Waals surface area contributed by atoms with E-state index < -0.39 is 0 Å². The molecule has 1 aromatic carbocycles. The van der Waals surface area contributed by atoms with Crippen LogP contribution in [0.5, 0.6) is 11.5 Å². The Balaban J connectivity index is 1.90. The first-order valence-electron chi connectivity index (χ1n) is 5.65. The van der Waals surface area contributed by atoms with Crippen molar-refractivity contribution < 1.29 is 9.47 Å². The Bertz CT molecular complexity index is 555. The van der Waals surface area contributed by atoms with E-state index in [1.807, 2.05) is 35.0 Å². The molecule has 18 heavy (non-hydrogen) atoms. The van der Waals surface area contributed by atoms with Crippen LogP contribution in [0.1, 0.15) is 5.56 Å². The summed E-state index contributed by atoms with van der Waals surface area (Å²) in [6.45, 7) is 1.22. The minimum absolute atomic E-state index is 0.528. The predicted molar refractivity (Wildman–Crippen MR) is 67.6 cm³/mol. The molecule has 1 heterocycles. The molecular weight excluding hydrogens is 228 g/mol. The van der Waals surface area contributed by atoms with Crippen LogP contribution in [0.4, 0.5) is 0 Å². The number of aromatic nitrogens is 1. The van der Waals surface area contributed by atoms with Crippen LogP contribution >= 0.6 is 0 Å². The molecule has 0 radical (unpaired) electrons. The predicted octanol–water partition coefficient (Wildman–Crippen LogP) is 2.45. The van der Waals surface area contributed by atoms with Crippen molar-refractivity contribution in [2.75, 3.05) is 13.7 Å². The molecule has 2 aromatic rings. The third-order valence-corrected chi connectivity index (χ3v) is 2.56. The van der Waals surface area contributed by atoms with Crippen LogP contribution in [0.15, 0.2) is 42.7 Å². The number of ether oxygens (including phenoxy) is 2. The molecule has 0 amide bonds. The highest BCUT2D eigenvalue weighted by atomic mass is 16.5. The van der Waals surface area contributed by atoms with E-state index in [2.05, 4.69) is 6.07 Å². The van der Waals surface area contributed by atoms with Gasteiger partial charge in [-0.05, 0) is 18.2 Å². The molecule has 92 valence electrons. The van der Waals surface area contributed by atoms with Gasteiger partial charge in [0.2, 0.25) is 0 Å². The zero-order valence-electron chi connectivity index (χ0n) is 10.2. The van der Waals surface area contributed by atoms with Crippen LogP contribution in [0.25, 0.3) is 0 Å². The van der Waals surface area contributed by atoms with E-state index in [1.54, 1.807) is 19.4 Å². The van der Waals surface area contributed by atoms with Crippen molar-refractivity contribution in [3.63, 3.8) is 0 Å². The molecule has 1 aromatic heterocycles. The van der Waals surface area contributed by atoms with E-state index in [1.165, 1.54) is 0 Å². The Hall–Kier alpha value is -2.41. The molecule has 0 N–H and O–H groups in total. The first kappa shape index (κ1) is 12.1. The first-order chi connectivity index (χ1) is 8.83. The number of hydrogen-bond acceptors (Lipinski definition) is 3. The standard InChI is InChI=1S/C14H14N2O2/c1-17-13-4-2-3-5-14(13)18-9-8-16-7-6-12(10-15)11-16/h2-7,11H,8-9H2,1H3. The maximum atomic E-state index is 8.71. The molecule has 0 aliphatic carbocycles. The van der Waals surface area contributed by atoms with Crippen LogP contribution in [0.3, 0.4) is 0 Å². The third kappa shape index (κ3) is 2.83. The van der Waals surface area contributed by atoms with Crippen molar-refractivity contribution >= 4 is 0 Å². The number of rotatable bonds is 5. The lowest BCUT2D eigenvalue weighted by Gasteiger charge is -2.10. The Labute approximate surface area is 106 Å². The monoisotopic (exact) mass is 242 g/mol. The van der Waals surface area contributed by atoms with Gasteiger partial charge in [-0.1, -0.05) is 12.1 Å². The molecular formula is C14H14N2O2. The fourth-order valence-electron chi connectivity index (χ4n) is 1.65. The fraction of sp³-hybridized carbons (Fsp3) is 0.214. The molecule has 0 fully saturated rings. The van der Waals surface area contributed by atoms with Crippen molar-refractivity contribution in [2.24, 2.45) is 0 Å². The lowest BCUT2D eigenvalue weighted by molar-refractivity contribution is 0.280. The van der Waals surface area contributed by atoms with Crippen molar-refractivity contribution in [3.05, 3.63) is 48.3 Å². The summed E-state index contributed by atoms with van der Waals surface area (Å²) in [6, 6.07) is 11.4. The minimum atomic E-state index is 0.528. The average molecular weight is 242 g/mol. The average Bonchev–Trinajstić information content (AvgIpc) is 2.87. The topological polar surface area (TPSA) is 47.2 Å². The summed E-state index contributed by atoms with van der Waals surface area (Å²) in [5.41, 5.74) is 0.660. The lowest BCUT2D eigenvalue weighted by Crippen LogP contribution is -2.07. The van der Waals surface area contributed by atoms with Gasteiger partial charge in [-0.2, -0.15) is 5.26 Å². The van der Waals surface area contributed by atoms with Crippen molar-refractivity contribution in [1.82, 2.24) is 4.57 Å². The largest absolute Gasteiger partial charge is 0.493 e. The number of nitriles is 1. The SMILES string of the molecule is COc1ccccc1OCCn1ccc(C#N)c1. The van der Waals surface area contributed by atoms with Crippen molar-refractivity contribution in [1.29, 1.82) is 5.26 Å². The molecule has 0 aliphatic heterocycles. The Morgan fingerprint density at radius 3 is 2.67 bits per heavy atom. The zero-order valence-corrected chi connectivity index (χ0v) is 10.2. The molecule has 4 heteroatoms. The number of para-hydroxylation sites is 2. The molecule has 0 aliphatic rings. The summed E-state index contributed by atoms with van der Waals surface area (Å²) in [7, 11) is 1.62. The number of benzene rings is 1. The summed E-state index contributed by atoms with van der Waals surface area (Å²) in [5, 5.41) is 8.71. The lowest BCUT2D eigenvalue weighted by atomic mass is 10.3. The van der Waals surface area contributed by atoms with E-state index in [-0.39, 0.29) is 0 Å². The van der Waals surface area contributed by atoms with E-state index in [0.717, 1.165) is 11.5 Å². The Kier molecular flexibility index (Phi) is 3.87. The molecule has 0 saturated heterocycles. The van der Waals surface area contributed by atoms with Crippen molar-refractivity contribution in [2.45, 2.75) is 6.54 Å². The summed E-state index contributed by atoms with van der Waals surface area (Å²) in [5.74, 6) is 1.45. The van der Waals surface area contributed by atoms with Gasteiger partial charge >= 0.3 is 0 Å². The molecule has 0 atom stereocenters. The summed E-state index contributed by atoms with van der Waals surface area (Å²) < 4.78 is 12.8. The summed E-state index contributed by atoms with van der Waals surface area (Å²) in [6.07, 6.45) is 3.66. The number of methoxy groups -OCH3 is 1. The van der Waals surface area contributed by atoms with Gasteiger partial charge in [-0.15, -0.1) is 0 Å². The highest BCUT2D eigenvalue weighted by Crippen LogP contribution is 2.25. The van der Waals surface area contributed by atoms with E-state index in [4.69, 9.17) is 14.7 Å². The minimum Gasteiger partial charge on any atom is -0.493 e. The number of nitrogens with zero attached hydrogens (tertiary/aromatic N) is 2. The molecule has 0 bridgehead atoms. The summed E-state index contributed by atoms with van der Waals surface area (Å²) in [4.78, 5) is 0. The van der Waals surface area contributed by atoms with Gasteiger partial charge in [0.05, 0.1) is 19.2 Å². The first-order valence-corrected chi connectivity index (χ1v) is 5.65. The maximum Gasteiger partial charge on any atom is 0.161 e. The molecule has 0 saturated carbocycles. The van der Waals surface area contributed by atoms with Gasteiger partial charge < -0.3 is 14.0 Å². The van der Waals surface area contributed by atoms with Crippen LogP contribution in [-0.4, -0.2) is 18.3 Å². The molecule has 0 unspecified atom stereocenters. The highest BCUT2D eigenvalue weighted by molar-refractivity contribution is 5.39. The molecule has 0 spiro atoms. The summed E-state index contributed by atoms with van der Waals surface area (Å²) >= 11 is 0. The quantitative estimate of drug-likeness (QED) is 0.809. The van der Waals surface area contributed by atoms with Gasteiger partial charge in [-0.25, -0.2) is 0 Å². The van der Waals surface area contributed by atoms with Gasteiger partial charge in [0.25, 0.3) is 0 Å². The fourth-order valence-corrected chi connectivity index (χ4v) is 1.65. The van der Waals surface area contributed by atoms with E-state index in [0.29, 0.717) is 18.7 Å². The van der Waals surface area contributed by atoms with Crippen molar-refractivity contribution in [3.8, 4) is 17.6 Å². The van der Waals surface area contributed by atoms with Crippen LogP contribution < -0.4 is 9.47 Å². The number of hydrogen-bond donors (Lipinski definition) is 0. The van der Waals surface area contributed by atoms with Crippen LogP contribution in [0, 0.1) is 11.3 Å². The van der Waals surface area contributed by atoms with Crippen LogP contribution in [-0.2, 0) is 6.54 Å². The maximum absolute atomic E-state index is 8.71. The molecule has 2 rings (SSSR count). The Morgan fingerprint density at radius 2 is 2.00 bits per heavy atom. The third-order valence-electron chi connectivity index (χ3n) is 2.56. The smallest absolute Gasteiger partial charge is 0.161 e. The zero-order chi connectivity index (χ0) is 12.8. The highest BCUT2D eigenvalue weighted by Gasteiger charge is 2.02. The second-order valence-corrected chi connectivity index (χ2v) is 3.75. The normalized spacial score (nSPS) is 9.78. The van der Waals surface area contributed by atoms with Crippen LogP contribution in [0.2, 0.25) is 0 Å². The van der Waals surface area contributed by atoms with Gasteiger partial charge in [-0.3, -0.25) is 0 Å². The Morgan fingerprint density at radius 1 is 1.22 bits per heavy atom. The molecule has 4 nitrogen and oxygen atoms in total. The second-order valence-electron chi connectivity index (χ2n) is 3.75. The van der Waals surface area contributed by atoms with Gasteiger partial charge in [0.15, 0.2) is 11.5 Å². The van der Waals surface area contributed by atoms with Gasteiger partial charge in [0, 0.05) is 12.4 Å². The van der Waals surface area contributed by atoms with E-state index in [9.17, 15) is 0 Å². The van der Waals surface area contributed by atoms with Gasteiger partial charge in [0.1, 0.15) is 12.7 Å². The second kappa shape index (κ2) is 5.78. The van der Waals surface area contributed by atoms with E-state index >= 15 is 0 Å².